The highest BCUT2D eigenvalue weighted by Crippen LogP contribution is 2.32. The van der Waals surface area contributed by atoms with Crippen molar-refractivity contribution in [1.29, 1.82) is 0 Å². The van der Waals surface area contributed by atoms with Crippen molar-refractivity contribution >= 4 is 0 Å². The summed E-state index contributed by atoms with van der Waals surface area (Å²) in [7, 11) is 0. The molecule has 1 aliphatic rings. The average molecular weight is 228 g/mol. The molecule has 0 N–H and O–H groups in total. The molecule has 0 heteroatoms. The van der Waals surface area contributed by atoms with Crippen molar-refractivity contribution < 1.29 is 0 Å². The molecule has 1 fully saturated rings. The Bertz CT molecular complexity index is 345. The Labute approximate surface area is 106 Å². The van der Waals surface area contributed by atoms with Gasteiger partial charge in [-0.2, -0.15) is 0 Å². The van der Waals surface area contributed by atoms with Gasteiger partial charge >= 0.3 is 0 Å². The van der Waals surface area contributed by atoms with Crippen LogP contribution in [0.1, 0.15) is 62.0 Å². The second-order valence-corrected chi connectivity index (χ2v) is 5.26. The molecule has 1 saturated carbocycles. The first kappa shape index (κ1) is 12.4. The van der Waals surface area contributed by atoms with Gasteiger partial charge in [0.1, 0.15) is 0 Å². The van der Waals surface area contributed by atoms with Gasteiger partial charge in [0, 0.05) is 0 Å². The van der Waals surface area contributed by atoms with Crippen molar-refractivity contribution in [3.8, 4) is 0 Å². The SMILES string of the molecule is C=CCCCc1cccc(C2CCCCC2)c1. The van der Waals surface area contributed by atoms with Gasteiger partial charge in [-0.25, -0.2) is 0 Å². The number of benzene rings is 1. The molecule has 0 aliphatic heterocycles. The van der Waals surface area contributed by atoms with E-state index in [9.17, 15) is 0 Å². The van der Waals surface area contributed by atoms with E-state index >= 15 is 0 Å². The van der Waals surface area contributed by atoms with E-state index in [1.165, 1.54) is 50.5 Å². The van der Waals surface area contributed by atoms with Gasteiger partial charge in [0.2, 0.25) is 0 Å². The molecule has 0 heterocycles. The van der Waals surface area contributed by atoms with Crippen molar-refractivity contribution in [2.24, 2.45) is 0 Å². The number of allylic oxidation sites excluding steroid dienone is 1. The van der Waals surface area contributed by atoms with Crippen LogP contribution in [0.25, 0.3) is 0 Å². The summed E-state index contributed by atoms with van der Waals surface area (Å²) in [6, 6.07) is 9.29. The molecular formula is C17H24. The van der Waals surface area contributed by atoms with Crippen molar-refractivity contribution in [2.75, 3.05) is 0 Å². The van der Waals surface area contributed by atoms with Crippen LogP contribution in [0.15, 0.2) is 36.9 Å². The van der Waals surface area contributed by atoms with Gasteiger partial charge in [0.05, 0.1) is 0 Å². The molecule has 0 unspecified atom stereocenters. The molecule has 0 amide bonds. The van der Waals surface area contributed by atoms with Crippen LogP contribution in [0.4, 0.5) is 0 Å². The maximum Gasteiger partial charge on any atom is -0.0162 e. The first-order valence-corrected chi connectivity index (χ1v) is 7.10. The van der Waals surface area contributed by atoms with E-state index in [1.807, 2.05) is 6.08 Å². The maximum absolute atomic E-state index is 3.78. The molecule has 0 saturated heterocycles. The Morgan fingerprint density at radius 1 is 1.18 bits per heavy atom. The topological polar surface area (TPSA) is 0 Å². The second kappa shape index (κ2) is 6.64. The van der Waals surface area contributed by atoms with Gasteiger partial charge in [0.15, 0.2) is 0 Å². The van der Waals surface area contributed by atoms with E-state index in [0.717, 1.165) is 12.3 Å². The molecule has 1 aliphatic carbocycles. The van der Waals surface area contributed by atoms with Gasteiger partial charge in [-0.05, 0) is 49.1 Å². The van der Waals surface area contributed by atoms with E-state index in [1.54, 1.807) is 5.56 Å². The van der Waals surface area contributed by atoms with Crippen LogP contribution in [-0.4, -0.2) is 0 Å². The lowest BCUT2D eigenvalue weighted by Crippen LogP contribution is -2.04. The molecule has 1 aromatic carbocycles. The normalized spacial score (nSPS) is 16.9. The van der Waals surface area contributed by atoms with Gasteiger partial charge in [-0.15, -0.1) is 6.58 Å². The minimum absolute atomic E-state index is 0.836. The molecule has 0 nitrogen and oxygen atoms in total. The first-order valence-electron chi connectivity index (χ1n) is 7.10. The van der Waals surface area contributed by atoms with E-state index in [0.29, 0.717) is 0 Å². The molecule has 1 aromatic rings. The van der Waals surface area contributed by atoms with Gasteiger partial charge in [0.25, 0.3) is 0 Å². The van der Waals surface area contributed by atoms with Gasteiger partial charge in [-0.1, -0.05) is 49.6 Å². The summed E-state index contributed by atoms with van der Waals surface area (Å²) in [5.74, 6) is 0.836. The standard InChI is InChI=1S/C17H24/c1-2-3-5-9-15-10-8-13-17(14-15)16-11-6-4-7-12-16/h2,8,10,13-14,16H,1,3-7,9,11-12H2. The number of rotatable bonds is 5. The third-order valence-electron chi connectivity index (χ3n) is 3.90. The summed E-state index contributed by atoms with van der Waals surface area (Å²) in [4.78, 5) is 0. The Hall–Kier alpha value is -1.04. The lowest BCUT2D eigenvalue weighted by molar-refractivity contribution is 0.443. The molecular weight excluding hydrogens is 204 g/mol. The summed E-state index contributed by atoms with van der Waals surface area (Å²) in [5.41, 5.74) is 3.09. The summed E-state index contributed by atoms with van der Waals surface area (Å²) >= 11 is 0. The fourth-order valence-corrected chi connectivity index (χ4v) is 2.89. The van der Waals surface area contributed by atoms with Crippen LogP contribution >= 0.6 is 0 Å². The van der Waals surface area contributed by atoms with Crippen molar-refractivity contribution in [3.05, 3.63) is 48.0 Å². The van der Waals surface area contributed by atoms with Crippen LogP contribution in [-0.2, 0) is 6.42 Å². The molecule has 0 radical (unpaired) electrons. The van der Waals surface area contributed by atoms with E-state index < -0.39 is 0 Å². The Morgan fingerprint density at radius 3 is 2.76 bits per heavy atom. The van der Waals surface area contributed by atoms with Crippen molar-refractivity contribution in [3.63, 3.8) is 0 Å². The molecule has 0 bridgehead atoms. The van der Waals surface area contributed by atoms with Crippen molar-refractivity contribution in [1.82, 2.24) is 0 Å². The van der Waals surface area contributed by atoms with E-state index in [-0.39, 0.29) is 0 Å². The molecule has 92 valence electrons. The maximum atomic E-state index is 3.78. The minimum atomic E-state index is 0.836. The Balaban J connectivity index is 1.97. The number of hydrogen-bond acceptors (Lipinski definition) is 0. The quantitative estimate of drug-likeness (QED) is 0.477. The third-order valence-corrected chi connectivity index (χ3v) is 3.90. The van der Waals surface area contributed by atoms with Gasteiger partial charge in [-0.3, -0.25) is 0 Å². The highest BCUT2D eigenvalue weighted by molar-refractivity contribution is 5.26. The molecule has 0 aromatic heterocycles. The minimum Gasteiger partial charge on any atom is -0.103 e. The monoisotopic (exact) mass is 228 g/mol. The highest BCUT2D eigenvalue weighted by Gasteiger charge is 2.15. The summed E-state index contributed by atoms with van der Waals surface area (Å²) in [5, 5.41) is 0. The van der Waals surface area contributed by atoms with Crippen molar-refractivity contribution in [2.45, 2.75) is 57.3 Å². The van der Waals surface area contributed by atoms with Crippen LogP contribution in [0.2, 0.25) is 0 Å². The predicted octanol–water partition coefficient (Wildman–Crippen LogP) is 5.24. The number of hydrogen-bond donors (Lipinski definition) is 0. The molecule has 17 heavy (non-hydrogen) atoms. The number of unbranched alkanes of at least 4 members (excludes halogenated alkanes) is 1. The molecule has 2 rings (SSSR count). The fourth-order valence-electron chi connectivity index (χ4n) is 2.89. The first-order chi connectivity index (χ1) is 8.40. The Morgan fingerprint density at radius 2 is 2.00 bits per heavy atom. The summed E-state index contributed by atoms with van der Waals surface area (Å²) < 4.78 is 0. The van der Waals surface area contributed by atoms with E-state index in [4.69, 9.17) is 0 Å². The molecule has 0 atom stereocenters. The van der Waals surface area contributed by atoms with Crippen LogP contribution < -0.4 is 0 Å². The Kier molecular flexibility index (Phi) is 4.85. The average Bonchev–Trinajstić information content (AvgIpc) is 2.41. The van der Waals surface area contributed by atoms with Crippen LogP contribution in [0.3, 0.4) is 0 Å². The van der Waals surface area contributed by atoms with Gasteiger partial charge < -0.3 is 0 Å². The zero-order valence-electron chi connectivity index (χ0n) is 10.8. The van der Waals surface area contributed by atoms with Crippen LogP contribution in [0.5, 0.6) is 0 Å². The fraction of sp³-hybridized carbons (Fsp3) is 0.529. The largest absolute Gasteiger partial charge is 0.103 e. The zero-order valence-corrected chi connectivity index (χ0v) is 10.8. The number of aryl methyl sites for hydroxylation is 1. The zero-order chi connectivity index (χ0) is 11.9. The second-order valence-electron chi connectivity index (χ2n) is 5.26. The summed E-state index contributed by atoms with van der Waals surface area (Å²) in [6.07, 6.45) is 12.7. The van der Waals surface area contributed by atoms with Crippen LogP contribution in [0, 0.1) is 0 Å². The smallest absolute Gasteiger partial charge is 0.0162 e. The van der Waals surface area contributed by atoms with E-state index in [2.05, 4.69) is 30.8 Å². The lowest BCUT2D eigenvalue weighted by Gasteiger charge is -2.22. The predicted molar refractivity (Wildman–Crippen MR) is 75.4 cm³/mol. The highest BCUT2D eigenvalue weighted by atomic mass is 14.2. The lowest BCUT2D eigenvalue weighted by atomic mass is 9.83. The third kappa shape index (κ3) is 3.73. The molecule has 0 spiro atoms. The summed E-state index contributed by atoms with van der Waals surface area (Å²) in [6.45, 7) is 3.78.